The molecule has 77 heavy (non-hydrogen) atoms. The van der Waals surface area contributed by atoms with E-state index in [4.69, 9.17) is 0 Å². The van der Waals surface area contributed by atoms with Gasteiger partial charge in [-0.2, -0.15) is 9.60 Å². The number of anilines is 4. The van der Waals surface area contributed by atoms with E-state index in [9.17, 15) is 62.4 Å². The second-order valence-corrected chi connectivity index (χ2v) is 22.0. The van der Waals surface area contributed by atoms with Gasteiger partial charge in [-0.1, -0.05) is 47.7 Å². The van der Waals surface area contributed by atoms with Crippen molar-refractivity contribution >= 4 is 130 Å². The van der Waals surface area contributed by atoms with Gasteiger partial charge in [0.05, 0.1) is 54.3 Å². The SMILES string of the molecule is Cc1c(C#N)c(Nc2ccc(S(=O)(=O)[O-])cc2)cc(Nc2ccc(S(=O)(=O)[O-])cc2)c1N=Nc1nc(-c2ccc3ccccc3c2)c(N=Nc2cc(S(=O)(=O)[O-])c3cc(SOO[O-])cc(S(=O)(=O)[O-])c3c2)s1.[Li+].[Li+].[Li+].[Li+].[Li+]. The Bertz CT molecular complexity index is 4080. The first kappa shape index (κ1) is 67.1. The van der Waals surface area contributed by atoms with Crippen LogP contribution in [0.3, 0.4) is 0 Å². The van der Waals surface area contributed by atoms with Gasteiger partial charge in [-0.05, 0) is 108 Å². The van der Waals surface area contributed by atoms with Crippen LogP contribution in [0.1, 0.15) is 11.1 Å². The Morgan fingerprint density at radius 1 is 0.610 bits per heavy atom. The zero-order chi connectivity index (χ0) is 51.8. The summed E-state index contributed by atoms with van der Waals surface area (Å²) in [6.07, 6.45) is 0. The topological polar surface area (TPSA) is 381 Å². The normalized spacial score (nSPS) is 11.7. The van der Waals surface area contributed by atoms with E-state index in [-0.39, 0.29) is 167 Å². The van der Waals surface area contributed by atoms with Gasteiger partial charge in [0, 0.05) is 32.6 Å². The van der Waals surface area contributed by atoms with Gasteiger partial charge in [0.15, 0.2) is 5.00 Å². The number of rotatable bonds is 16. The summed E-state index contributed by atoms with van der Waals surface area (Å²) in [5.74, 6) is 0. The van der Waals surface area contributed by atoms with E-state index in [2.05, 4.69) is 51.5 Å². The molecule has 7 aromatic carbocycles. The van der Waals surface area contributed by atoms with Crippen LogP contribution in [0.15, 0.2) is 166 Å². The number of thiazole rings is 1. The van der Waals surface area contributed by atoms with Crippen molar-refractivity contribution in [1.82, 2.24) is 4.98 Å². The first-order valence-corrected chi connectivity index (χ1v) is 26.9. The van der Waals surface area contributed by atoms with E-state index in [1.54, 1.807) is 24.3 Å². The molecule has 0 aliphatic heterocycles. The molecular weight excluding hydrogens is 1100 g/mol. The maximum atomic E-state index is 12.6. The molecule has 2 N–H and O–H groups in total. The minimum atomic E-state index is -5.43. The van der Waals surface area contributed by atoms with Crippen LogP contribution in [0, 0.1) is 18.3 Å². The molecule has 8 aromatic rings. The number of hydrogen-bond acceptors (Lipinski definition) is 25. The molecule has 0 saturated carbocycles. The van der Waals surface area contributed by atoms with E-state index in [1.165, 1.54) is 37.3 Å². The standard InChI is InChI=1S/C43H30N8O15S6.5Li/c1-23-35(22-44)36(45-27-8-12-31(13-9-27)69(53,54)55)21-37(46-28-10-14-32(15-11-28)70(56,57)58)40(23)49-51-43-47-41(26-7-6-24-4-2-3-5-25(24)16-26)42(67-43)50-48-29-17-33-34(38(18-29)71(59,60)61)19-30(68-66-65-52)20-39(33)72(62,63)64;;;;;/h2-21,45-46,52H,1H3,(H,53,54,55)(H,56,57,58)(H,59,60,61)(H,62,63,64);;;;;/q;5*+1/p-5. The largest absolute Gasteiger partial charge is 1.00 e. The van der Waals surface area contributed by atoms with Crippen LogP contribution in [0.2, 0.25) is 0 Å². The Hall–Kier alpha value is -4.16. The van der Waals surface area contributed by atoms with Crippen molar-refractivity contribution in [3.8, 4) is 17.3 Å². The zero-order valence-corrected chi connectivity index (χ0v) is 45.7. The van der Waals surface area contributed by atoms with Crippen LogP contribution in [-0.2, 0) is 49.8 Å². The fraction of sp³-hybridized carbons (Fsp3) is 0.0233. The van der Waals surface area contributed by atoms with Crippen LogP contribution in [-0.4, -0.2) is 56.9 Å². The molecule has 0 aliphatic carbocycles. The van der Waals surface area contributed by atoms with Gasteiger partial charge >= 0.3 is 94.3 Å². The summed E-state index contributed by atoms with van der Waals surface area (Å²) in [4.78, 5) is 1.36. The monoisotopic (exact) mass is 1120 g/mol. The molecular formula is C43H25Li5N8O15S6. The quantitative estimate of drug-likeness (QED) is 0.0227. The molecule has 0 spiro atoms. The van der Waals surface area contributed by atoms with Gasteiger partial charge in [-0.25, -0.2) is 38.7 Å². The first-order chi connectivity index (χ1) is 34.0. The Morgan fingerprint density at radius 2 is 1.16 bits per heavy atom. The summed E-state index contributed by atoms with van der Waals surface area (Å²) < 4.78 is 149. The number of benzene rings is 7. The van der Waals surface area contributed by atoms with Gasteiger partial charge in [0.25, 0.3) is 0 Å². The average molecular weight is 1120 g/mol. The molecule has 0 bridgehead atoms. The summed E-state index contributed by atoms with van der Waals surface area (Å²) in [6, 6.07) is 29.2. The Balaban J connectivity index is 0.00000312. The van der Waals surface area contributed by atoms with Crippen molar-refractivity contribution in [1.29, 1.82) is 5.26 Å². The Morgan fingerprint density at radius 3 is 1.70 bits per heavy atom. The van der Waals surface area contributed by atoms with E-state index < -0.39 is 76.5 Å². The van der Waals surface area contributed by atoms with E-state index in [0.29, 0.717) is 5.56 Å². The molecule has 23 nitrogen and oxygen atoms in total. The van der Waals surface area contributed by atoms with E-state index in [1.807, 2.05) is 18.2 Å². The van der Waals surface area contributed by atoms with E-state index in [0.717, 1.165) is 70.6 Å². The second kappa shape index (κ2) is 27.3. The number of fused-ring (bicyclic) bond motifs is 2. The Labute approximate surface area is 507 Å². The van der Waals surface area contributed by atoms with Crippen LogP contribution < -0.4 is 110 Å². The van der Waals surface area contributed by atoms with Gasteiger partial charge in [0.2, 0.25) is 5.13 Å². The predicted molar refractivity (Wildman–Crippen MR) is 253 cm³/mol. The number of azo groups is 2. The Kier molecular flexibility index (Phi) is 23.8. The van der Waals surface area contributed by atoms with Gasteiger partial charge in [-0.15, -0.1) is 20.5 Å². The van der Waals surface area contributed by atoms with Crippen LogP contribution >= 0.6 is 23.4 Å². The maximum Gasteiger partial charge on any atom is 1.00 e. The number of nitrogens with zero attached hydrogens (tertiary/aromatic N) is 6. The smallest absolute Gasteiger partial charge is 0.744 e. The van der Waals surface area contributed by atoms with Crippen molar-refractivity contribution in [2.75, 3.05) is 10.6 Å². The molecule has 0 atom stereocenters. The maximum absolute atomic E-state index is 12.6. The zero-order valence-electron chi connectivity index (χ0n) is 40.8. The second-order valence-electron chi connectivity index (χ2n) is 14.8. The minimum Gasteiger partial charge on any atom is -0.744 e. The molecule has 368 valence electrons. The molecule has 0 fully saturated rings. The molecule has 34 heteroatoms. The third-order valence-electron chi connectivity index (χ3n) is 10.3. The van der Waals surface area contributed by atoms with Crippen molar-refractivity contribution in [2.24, 2.45) is 20.5 Å². The minimum absolute atomic E-state index is 0. The summed E-state index contributed by atoms with van der Waals surface area (Å²) in [5, 5.41) is 48.0. The fourth-order valence-corrected chi connectivity index (χ4v) is 10.7. The third-order valence-corrected chi connectivity index (χ3v) is 15.1. The summed E-state index contributed by atoms with van der Waals surface area (Å²) in [6.45, 7) is 1.53. The van der Waals surface area contributed by atoms with Crippen LogP contribution in [0.5, 0.6) is 0 Å². The molecule has 8 rings (SSSR count). The molecule has 0 radical (unpaired) electrons. The van der Waals surface area contributed by atoms with Gasteiger partial charge < -0.3 is 34.1 Å². The number of hydrogen-bond donors (Lipinski definition) is 2. The van der Waals surface area contributed by atoms with Gasteiger partial charge in [0.1, 0.15) is 57.9 Å². The number of nitriles is 1. The van der Waals surface area contributed by atoms with E-state index >= 15 is 0 Å². The predicted octanol–water partition coefficient (Wildman–Crippen LogP) is -6.52. The van der Waals surface area contributed by atoms with Crippen molar-refractivity contribution in [2.45, 2.75) is 31.4 Å². The number of nitrogens with one attached hydrogen (secondary N) is 2. The summed E-state index contributed by atoms with van der Waals surface area (Å²) in [7, 11) is -20.4. The van der Waals surface area contributed by atoms with Crippen molar-refractivity contribution in [3.05, 3.63) is 132 Å². The molecule has 1 aromatic heterocycles. The van der Waals surface area contributed by atoms with Gasteiger partial charge in [-0.3, -0.25) is 5.04 Å². The summed E-state index contributed by atoms with van der Waals surface area (Å²) >= 11 is 0.941. The number of aromatic nitrogens is 1. The average Bonchev–Trinajstić information content (AvgIpc) is 3.74. The molecule has 0 aliphatic rings. The van der Waals surface area contributed by atoms with Crippen molar-refractivity contribution in [3.63, 3.8) is 0 Å². The molecule has 1 heterocycles. The van der Waals surface area contributed by atoms with Crippen molar-refractivity contribution < 1.29 is 161 Å². The molecule has 0 amide bonds. The van der Waals surface area contributed by atoms with Crippen LogP contribution in [0.25, 0.3) is 32.8 Å². The third kappa shape index (κ3) is 16.0. The molecule has 0 saturated heterocycles. The van der Waals surface area contributed by atoms with Crippen LogP contribution in [0.4, 0.5) is 44.3 Å². The molecule has 0 unspecified atom stereocenters. The first-order valence-electron chi connectivity index (χ1n) is 19.7. The summed E-state index contributed by atoms with van der Waals surface area (Å²) in [5.41, 5.74) is 1.33. The fourth-order valence-electron chi connectivity index (χ4n) is 7.06.